The Kier molecular flexibility index (Phi) is 5.04. The lowest BCUT2D eigenvalue weighted by Crippen LogP contribution is -2.22. The van der Waals surface area contributed by atoms with Crippen molar-refractivity contribution in [3.8, 4) is 0 Å². The molecule has 1 aromatic heterocycles. The molecule has 0 saturated heterocycles. The van der Waals surface area contributed by atoms with E-state index in [0.717, 1.165) is 5.56 Å². The second-order valence-electron chi connectivity index (χ2n) is 4.86. The maximum atomic E-state index is 11.4. The fraction of sp³-hybridized carbons (Fsp3) is 0.312. The van der Waals surface area contributed by atoms with Crippen LogP contribution >= 0.6 is 11.6 Å². The van der Waals surface area contributed by atoms with Gasteiger partial charge in [0, 0.05) is 11.1 Å². The summed E-state index contributed by atoms with van der Waals surface area (Å²) in [6.07, 6.45) is 0. The van der Waals surface area contributed by atoms with Crippen molar-refractivity contribution in [2.75, 3.05) is 7.11 Å². The molecule has 0 bridgehead atoms. The van der Waals surface area contributed by atoms with Crippen molar-refractivity contribution in [2.24, 2.45) is 0 Å². The van der Waals surface area contributed by atoms with Crippen LogP contribution in [0.25, 0.3) is 0 Å². The van der Waals surface area contributed by atoms with Crippen LogP contribution in [0.4, 0.5) is 0 Å². The molecule has 1 N–H and O–H groups in total. The van der Waals surface area contributed by atoms with E-state index in [9.17, 15) is 4.79 Å². The third-order valence-electron chi connectivity index (χ3n) is 3.31. The highest BCUT2D eigenvalue weighted by atomic mass is 35.5. The fourth-order valence-electron chi connectivity index (χ4n) is 2.10. The van der Waals surface area contributed by atoms with Crippen LogP contribution in [0.3, 0.4) is 0 Å². The predicted octanol–water partition coefficient (Wildman–Crippen LogP) is 4.13. The Morgan fingerprint density at radius 2 is 1.81 bits per heavy atom. The zero-order valence-corrected chi connectivity index (χ0v) is 13.0. The summed E-state index contributed by atoms with van der Waals surface area (Å²) in [7, 11) is 1.33. The number of methoxy groups -OCH3 is 1. The highest BCUT2D eigenvalue weighted by Crippen LogP contribution is 2.22. The molecule has 5 heteroatoms. The van der Waals surface area contributed by atoms with Crippen LogP contribution in [-0.2, 0) is 4.74 Å². The monoisotopic (exact) mass is 307 g/mol. The third kappa shape index (κ3) is 3.86. The summed E-state index contributed by atoms with van der Waals surface area (Å²) in [6, 6.07) is 11.2. The number of nitrogens with one attached hydrogen (secondary N) is 1. The Labute approximate surface area is 129 Å². The normalized spacial score (nSPS) is 13.7. The van der Waals surface area contributed by atoms with Crippen molar-refractivity contribution in [3.05, 3.63) is 58.5 Å². The highest BCUT2D eigenvalue weighted by molar-refractivity contribution is 6.30. The van der Waals surface area contributed by atoms with Gasteiger partial charge in [0.2, 0.25) is 5.76 Å². The molecule has 2 aromatic rings. The van der Waals surface area contributed by atoms with E-state index in [1.54, 1.807) is 12.1 Å². The average molecular weight is 308 g/mol. The van der Waals surface area contributed by atoms with Crippen LogP contribution in [0.15, 0.2) is 40.8 Å². The van der Waals surface area contributed by atoms with Gasteiger partial charge in [0.15, 0.2) is 0 Å². The van der Waals surface area contributed by atoms with Gasteiger partial charge < -0.3 is 14.5 Å². The van der Waals surface area contributed by atoms with Gasteiger partial charge in [0.25, 0.3) is 0 Å². The van der Waals surface area contributed by atoms with E-state index in [2.05, 4.69) is 17.0 Å². The van der Waals surface area contributed by atoms with Crippen LogP contribution < -0.4 is 5.32 Å². The topological polar surface area (TPSA) is 51.5 Å². The summed E-state index contributed by atoms with van der Waals surface area (Å²) in [5, 5.41) is 4.13. The fourth-order valence-corrected chi connectivity index (χ4v) is 2.23. The lowest BCUT2D eigenvalue weighted by Gasteiger charge is -2.19. The summed E-state index contributed by atoms with van der Waals surface area (Å²) in [5.74, 6) is 0.427. The van der Waals surface area contributed by atoms with Crippen LogP contribution in [0.1, 0.15) is 47.8 Å². The van der Waals surface area contributed by atoms with E-state index in [1.165, 1.54) is 7.11 Å². The lowest BCUT2D eigenvalue weighted by molar-refractivity contribution is 0.0562. The predicted molar refractivity (Wildman–Crippen MR) is 81.5 cm³/mol. The number of halogens is 1. The van der Waals surface area contributed by atoms with E-state index in [4.69, 9.17) is 16.0 Å². The van der Waals surface area contributed by atoms with Crippen molar-refractivity contribution in [2.45, 2.75) is 25.9 Å². The van der Waals surface area contributed by atoms with Crippen molar-refractivity contribution in [3.63, 3.8) is 0 Å². The molecule has 0 aliphatic carbocycles. The van der Waals surface area contributed by atoms with E-state index in [-0.39, 0.29) is 17.8 Å². The molecule has 112 valence electrons. The Hall–Kier alpha value is -1.78. The number of esters is 1. The second kappa shape index (κ2) is 6.78. The Bertz CT molecular complexity index is 606. The Morgan fingerprint density at radius 1 is 1.14 bits per heavy atom. The Morgan fingerprint density at radius 3 is 2.43 bits per heavy atom. The van der Waals surface area contributed by atoms with E-state index in [1.807, 2.05) is 31.2 Å². The smallest absolute Gasteiger partial charge is 0.373 e. The van der Waals surface area contributed by atoms with Gasteiger partial charge in [-0.25, -0.2) is 4.79 Å². The first kappa shape index (κ1) is 15.6. The molecule has 0 saturated carbocycles. The first-order valence-corrected chi connectivity index (χ1v) is 7.08. The van der Waals surface area contributed by atoms with Gasteiger partial charge in [0.05, 0.1) is 13.2 Å². The van der Waals surface area contributed by atoms with Crippen molar-refractivity contribution in [1.29, 1.82) is 0 Å². The summed E-state index contributed by atoms with van der Waals surface area (Å²) >= 11 is 5.88. The number of carbonyl (C=O) groups excluding carboxylic acids is 1. The van der Waals surface area contributed by atoms with Gasteiger partial charge in [0.1, 0.15) is 5.76 Å². The van der Waals surface area contributed by atoms with Crippen LogP contribution in [0, 0.1) is 0 Å². The van der Waals surface area contributed by atoms with E-state index in [0.29, 0.717) is 10.8 Å². The van der Waals surface area contributed by atoms with E-state index >= 15 is 0 Å². The largest absolute Gasteiger partial charge is 0.463 e. The molecule has 0 aliphatic heterocycles. The molecule has 1 heterocycles. The van der Waals surface area contributed by atoms with Gasteiger partial charge in [-0.3, -0.25) is 0 Å². The highest BCUT2D eigenvalue weighted by Gasteiger charge is 2.17. The molecule has 2 rings (SSSR count). The number of carbonyl (C=O) groups is 1. The first-order valence-electron chi connectivity index (χ1n) is 6.71. The minimum atomic E-state index is -0.473. The molecule has 0 fully saturated rings. The first-order chi connectivity index (χ1) is 10.0. The van der Waals surface area contributed by atoms with Gasteiger partial charge in [-0.15, -0.1) is 0 Å². The molecule has 0 spiro atoms. The number of hydrogen-bond donors (Lipinski definition) is 1. The molecule has 2 atom stereocenters. The zero-order chi connectivity index (χ0) is 15.4. The maximum Gasteiger partial charge on any atom is 0.373 e. The molecule has 0 radical (unpaired) electrons. The standard InChI is InChI=1S/C16H18ClNO3/c1-10(12-4-6-13(17)7-5-12)18-11(2)14-8-9-15(21-14)16(19)20-3/h4-11,18H,1-3H3/t10-,11?/m1/s1. The molecule has 1 aromatic carbocycles. The minimum Gasteiger partial charge on any atom is -0.463 e. The van der Waals surface area contributed by atoms with Gasteiger partial charge in [-0.1, -0.05) is 23.7 Å². The van der Waals surface area contributed by atoms with Gasteiger partial charge in [-0.05, 0) is 43.7 Å². The molecule has 0 aliphatic rings. The number of benzene rings is 1. The molecule has 0 amide bonds. The summed E-state index contributed by atoms with van der Waals surface area (Å²) in [5.41, 5.74) is 1.13. The number of hydrogen-bond acceptors (Lipinski definition) is 4. The summed E-state index contributed by atoms with van der Waals surface area (Å²) < 4.78 is 10.1. The van der Waals surface area contributed by atoms with Crippen molar-refractivity contribution >= 4 is 17.6 Å². The molecule has 4 nitrogen and oxygen atoms in total. The second-order valence-corrected chi connectivity index (χ2v) is 5.29. The van der Waals surface area contributed by atoms with Crippen LogP contribution in [0.5, 0.6) is 0 Å². The quantitative estimate of drug-likeness (QED) is 0.844. The van der Waals surface area contributed by atoms with Crippen molar-refractivity contribution in [1.82, 2.24) is 5.32 Å². The van der Waals surface area contributed by atoms with Gasteiger partial charge in [-0.2, -0.15) is 0 Å². The zero-order valence-electron chi connectivity index (χ0n) is 12.2. The Balaban J connectivity index is 2.03. The molecule has 1 unspecified atom stereocenters. The number of rotatable bonds is 5. The average Bonchev–Trinajstić information content (AvgIpc) is 2.97. The third-order valence-corrected chi connectivity index (χ3v) is 3.56. The van der Waals surface area contributed by atoms with Crippen molar-refractivity contribution < 1.29 is 13.9 Å². The summed E-state index contributed by atoms with van der Waals surface area (Å²) in [4.78, 5) is 11.4. The molecule has 21 heavy (non-hydrogen) atoms. The van der Waals surface area contributed by atoms with Crippen LogP contribution in [0.2, 0.25) is 5.02 Å². The van der Waals surface area contributed by atoms with Crippen LogP contribution in [-0.4, -0.2) is 13.1 Å². The van der Waals surface area contributed by atoms with E-state index < -0.39 is 5.97 Å². The lowest BCUT2D eigenvalue weighted by atomic mass is 10.1. The maximum absolute atomic E-state index is 11.4. The number of furan rings is 1. The summed E-state index contributed by atoms with van der Waals surface area (Å²) in [6.45, 7) is 4.04. The number of ether oxygens (including phenoxy) is 1. The molecular weight excluding hydrogens is 290 g/mol. The minimum absolute atomic E-state index is 0.0333. The molecular formula is C16H18ClNO3. The SMILES string of the molecule is COC(=O)c1ccc(C(C)N[C@H](C)c2ccc(Cl)cc2)o1. The van der Waals surface area contributed by atoms with Gasteiger partial charge >= 0.3 is 5.97 Å².